The molecule has 0 bridgehead atoms. The van der Waals surface area contributed by atoms with Crippen LogP contribution in [0.25, 0.3) is 0 Å². The summed E-state index contributed by atoms with van der Waals surface area (Å²) in [5, 5.41) is 3.90. The van der Waals surface area contributed by atoms with Gasteiger partial charge < -0.3 is 18.9 Å². The molecule has 1 aromatic rings. The SMILES string of the molecule is Cc1noc(C)c1CC(=O)N1CCC2(CC1)OCCCO2. The summed E-state index contributed by atoms with van der Waals surface area (Å²) in [6, 6.07) is 0. The van der Waals surface area contributed by atoms with E-state index in [4.69, 9.17) is 14.0 Å². The Morgan fingerprint density at radius 3 is 2.48 bits per heavy atom. The molecule has 0 unspecified atom stereocenters. The number of amides is 1. The summed E-state index contributed by atoms with van der Waals surface area (Å²) >= 11 is 0. The number of nitrogens with zero attached hydrogens (tertiary/aromatic N) is 2. The van der Waals surface area contributed by atoms with Gasteiger partial charge in [0.15, 0.2) is 5.79 Å². The number of likely N-dealkylation sites (tertiary alicyclic amines) is 1. The second-order valence-electron chi connectivity index (χ2n) is 5.82. The van der Waals surface area contributed by atoms with E-state index in [2.05, 4.69) is 5.16 Å². The fourth-order valence-corrected chi connectivity index (χ4v) is 3.02. The van der Waals surface area contributed by atoms with Crippen molar-refractivity contribution in [3.05, 3.63) is 17.0 Å². The van der Waals surface area contributed by atoms with Crippen LogP contribution in [0.3, 0.4) is 0 Å². The quantitative estimate of drug-likeness (QED) is 0.828. The molecular weight excluding hydrogens is 272 g/mol. The molecule has 0 aromatic carbocycles. The number of hydrogen-bond donors (Lipinski definition) is 0. The Morgan fingerprint density at radius 2 is 1.90 bits per heavy atom. The molecule has 0 saturated carbocycles. The number of aromatic nitrogens is 1. The standard InChI is InChI=1S/C15H22N2O4/c1-11-13(12(2)21-16-11)10-14(18)17-6-4-15(5-7-17)19-8-3-9-20-15/h3-10H2,1-2H3. The molecule has 0 aliphatic carbocycles. The monoisotopic (exact) mass is 294 g/mol. The van der Waals surface area contributed by atoms with Gasteiger partial charge in [-0.15, -0.1) is 0 Å². The second kappa shape index (κ2) is 5.77. The van der Waals surface area contributed by atoms with Crippen molar-refractivity contribution in [2.24, 2.45) is 0 Å². The van der Waals surface area contributed by atoms with Gasteiger partial charge in [-0.3, -0.25) is 4.79 Å². The summed E-state index contributed by atoms with van der Waals surface area (Å²) in [5.74, 6) is 0.404. The highest BCUT2D eigenvalue weighted by Gasteiger charge is 2.39. The molecule has 3 rings (SSSR count). The maximum atomic E-state index is 12.4. The molecule has 2 fully saturated rings. The van der Waals surface area contributed by atoms with Crippen molar-refractivity contribution in [2.45, 2.75) is 45.3 Å². The van der Waals surface area contributed by atoms with Gasteiger partial charge in [0.2, 0.25) is 5.91 Å². The van der Waals surface area contributed by atoms with E-state index in [0.29, 0.717) is 19.5 Å². The Balaban J connectivity index is 1.58. The van der Waals surface area contributed by atoms with Gasteiger partial charge >= 0.3 is 0 Å². The zero-order valence-corrected chi connectivity index (χ0v) is 12.7. The van der Waals surface area contributed by atoms with Crippen LogP contribution in [0.4, 0.5) is 0 Å². The molecule has 0 N–H and O–H groups in total. The van der Waals surface area contributed by atoms with E-state index in [1.807, 2.05) is 18.7 Å². The summed E-state index contributed by atoms with van der Waals surface area (Å²) < 4.78 is 16.7. The molecule has 0 radical (unpaired) electrons. The van der Waals surface area contributed by atoms with E-state index in [0.717, 1.165) is 49.5 Å². The normalized spacial score (nSPS) is 21.7. The molecule has 1 amide bonds. The summed E-state index contributed by atoms with van der Waals surface area (Å²) in [5.41, 5.74) is 1.71. The van der Waals surface area contributed by atoms with Crippen LogP contribution in [0.1, 0.15) is 36.3 Å². The van der Waals surface area contributed by atoms with Crippen LogP contribution < -0.4 is 0 Å². The zero-order valence-electron chi connectivity index (χ0n) is 12.7. The van der Waals surface area contributed by atoms with E-state index in [-0.39, 0.29) is 5.91 Å². The number of carbonyl (C=O) groups excluding carboxylic acids is 1. The van der Waals surface area contributed by atoms with Crippen LogP contribution in [-0.4, -0.2) is 48.1 Å². The van der Waals surface area contributed by atoms with Gasteiger partial charge in [0.1, 0.15) is 5.76 Å². The lowest BCUT2D eigenvalue weighted by molar-refractivity contribution is -0.282. The third-order valence-electron chi connectivity index (χ3n) is 4.41. The number of carbonyl (C=O) groups is 1. The third kappa shape index (κ3) is 2.96. The van der Waals surface area contributed by atoms with E-state index in [1.165, 1.54) is 0 Å². The molecular formula is C15H22N2O4. The molecule has 6 nitrogen and oxygen atoms in total. The lowest BCUT2D eigenvalue weighted by atomic mass is 10.0. The van der Waals surface area contributed by atoms with Gasteiger partial charge in [-0.1, -0.05) is 5.16 Å². The topological polar surface area (TPSA) is 64.8 Å². The summed E-state index contributed by atoms with van der Waals surface area (Å²) in [6.07, 6.45) is 2.81. The van der Waals surface area contributed by atoms with Crippen LogP contribution in [0, 0.1) is 13.8 Å². The Hall–Kier alpha value is -1.40. The Bertz CT molecular complexity index is 490. The number of piperidine rings is 1. The largest absolute Gasteiger partial charge is 0.361 e. The van der Waals surface area contributed by atoms with Gasteiger partial charge in [-0.05, 0) is 20.3 Å². The van der Waals surface area contributed by atoms with Gasteiger partial charge in [0, 0.05) is 31.5 Å². The van der Waals surface area contributed by atoms with Crippen LogP contribution in [0.5, 0.6) is 0 Å². The zero-order chi connectivity index (χ0) is 14.9. The molecule has 21 heavy (non-hydrogen) atoms. The highest BCUT2D eigenvalue weighted by atomic mass is 16.7. The van der Waals surface area contributed by atoms with Crippen molar-refractivity contribution < 1.29 is 18.8 Å². The Kier molecular flexibility index (Phi) is 3.99. The Labute approximate surface area is 124 Å². The van der Waals surface area contributed by atoms with Crippen molar-refractivity contribution >= 4 is 5.91 Å². The number of hydrogen-bond acceptors (Lipinski definition) is 5. The van der Waals surface area contributed by atoms with E-state index < -0.39 is 5.79 Å². The van der Waals surface area contributed by atoms with Gasteiger partial charge in [-0.25, -0.2) is 0 Å². The predicted octanol–water partition coefficient (Wildman–Crippen LogP) is 1.59. The van der Waals surface area contributed by atoms with E-state index in [1.54, 1.807) is 0 Å². The van der Waals surface area contributed by atoms with Crippen molar-refractivity contribution in [3.8, 4) is 0 Å². The molecule has 2 saturated heterocycles. The van der Waals surface area contributed by atoms with Crippen molar-refractivity contribution in [2.75, 3.05) is 26.3 Å². The maximum Gasteiger partial charge on any atom is 0.227 e. The van der Waals surface area contributed by atoms with Crippen molar-refractivity contribution in [3.63, 3.8) is 0 Å². The summed E-state index contributed by atoms with van der Waals surface area (Å²) in [4.78, 5) is 14.3. The van der Waals surface area contributed by atoms with Crippen LogP contribution >= 0.6 is 0 Å². The van der Waals surface area contributed by atoms with Gasteiger partial charge in [0.25, 0.3) is 0 Å². The maximum absolute atomic E-state index is 12.4. The average Bonchev–Trinajstić information content (AvgIpc) is 2.81. The minimum absolute atomic E-state index is 0.120. The first-order chi connectivity index (χ1) is 10.1. The number of aryl methyl sites for hydroxylation is 2. The Morgan fingerprint density at radius 1 is 1.24 bits per heavy atom. The first-order valence-corrected chi connectivity index (χ1v) is 7.57. The highest BCUT2D eigenvalue weighted by molar-refractivity contribution is 5.79. The predicted molar refractivity (Wildman–Crippen MR) is 74.7 cm³/mol. The van der Waals surface area contributed by atoms with E-state index in [9.17, 15) is 4.79 Å². The highest BCUT2D eigenvalue weighted by Crippen LogP contribution is 2.31. The molecule has 2 aliphatic heterocycles. The van der Waals surface area contributed by atoms with Gasteiger partial charge in [0.05, 0.1) is 25.3 Å². The molecule has 116 valence electrons. The van der Waals surface area contributed by atoms with E-state index >= 15 is 0 Å². The summed E-state index contributed by atoms with van der Waals surface area (Å²) in [6.45, 7) is 6.59. The molecule has 3 heterocycles. The first-order valence-electron chi connectivity index (χ1n) is 7.57. The molecule has 1 aromatic heterocycles. The van der Waals surface area contributed by atoms with Gasteiger partial charge in [-0.2, -0.15) is 0 Å². The minimum Gasteiger partial charge on any atom is -0.361 e. The van der Waals surface area contributed by atoms with Crippen molar-refractivity contribution in [1.29, 1.82) is 0 Å². The first kappa shape index (κ1) is 14.5. The fourth-order valence-electron chi connectivity index (χ4n) is 3.02. The molecule has 1 spiro atoms. The average molecular weight is 294 g/mol. The molecule has 0 atom stereocenters. The fraction of sp³-hybridized carbons (Fsp3) is 0.733. The van der Waals surface area contributed by atoms with Crippen LogP contribution in [-0.2, 0) is 20.7 Å². The lowest BCUT2D eigenvalue weighted by Crippen LogP contribution is -2.51. The summed E-state index contributed by atoms with van der Waals surface area (Å²) in [7, 11) is 0. The van der Waals surface area contributed by atoms with Crippen LogP contribution in [0.15, 0.2) is 4.52 Å². The van der Waals surface area contributed by atoms with Crippen LogP contribution in [0.2, 0.25) is 0 Å². The molecule has 2 aliphatic rings. The van der Waals surface area contributed by atoms with Crippen molar-refractivity contribution in [1.82, 2.24) is 10.1 Å². The smallest absolute Gasteiger partial charge is 0.227 e. The third-order valence-corrected chi connectivity index (χ3v) is 4.41. The number of rotatable bonds is 2. The minimum atomic E-state index is -0.446. The molecule has 6 heteroatoms. The lowest BCUT2D eigenvalue weighted by Gasteiger charge is -2.43. The second-order valence-corrected chi connectivity index (χ2v) is 5.82. The number of ether oxygens (including phenoxy) is 2.